The highest BCUT2D eigenvalue weighted by molar-refractivity contribution is 7.53. The molecule has 2 N–H and O–H groups in total. The van der Waals surface area contributed by atoms with Crippen molar-refractivity contribution in [3.8, 4) is 0 Å². The lowest BCUT2D eigenvalue weighted by atomic mass is 9.81. The van der Waals surface area contributed by atoms with Crippen molar-refractivity contribution < 1.29 is 14.4 Å². The van der Waals surface area contributed by atoms with Gasteiger partial charge in [0, 0.05) is 0 Å². The van der Waals surface area contributed by atoms with Crippen molar-refractivity contribution in [3.63, 3.8) is 0 Å². The summed E-state index contributed by atoms with van der Waals surface area (Å²) in [6.07, 6.45) is 5.77. The maximum absolute atomic E-state index is 12.5. The first-order valence-electron chi connectivity index (χ1n) is 7.09. The van der Waals surface area contributed by atoms with E-state index in [1.165, 1.54) is 0 Å². The minimum absolute atomic E-state index is 0.280. The van der Waals surface area contributed by atoms with Crippen molar-refractivity contribution in [2.75, 3.05) is 0 Å². The predicted octanol–water partition coefficient (Wildman–Crippen LogP) is 4.10. The third kappa shape index (κ3) is 2.38. The third-order valence-corrected chi connectivity index (χ3v) is 5.77. The van der Waals surface area contributed by atoms with Crippen molar-refractivity contribution in [2.24, 2.45) is 0 Å². The van der Waals surface area contributed by atoms with Crippen LogP contribution in [0.3, 0.4) is 0 Å². The average Bonchev–Trinajstić information content (AvgIpc) is 2.55. The van der Waals surface area contributed by atoms with Crippen LogP contribution in [0.2, 0.25) is 0 Å². The first kappa shape index (κ1) is 15.0. The Labute approximate surface area is 129 Å². The normalized spacial score (nSPS) is 21.5. The van der Waals surface area contributed by atoms with Crippen molar-refractivity contribution >= 4 is 13.2 Å². The molecule has 0 aliphatic heterocycles. The van der Waals surface area contributed by atoms with E-state index in [4.69, 9.17) is 0 Å². The van der Waals surface area contributed by atoms with Crippen LogP contribution in [0.1, 0.15) is 17.5 Å². The van der Waals surface area contributed by atoms with E-state index in [0.717, 1.165) is 5.56 Å². The lowest BCUT2D eigenvalue weighted by molar-refractivity contribution is 0.343. The minimum Gasteiger partial charge on any atom is -0.324 e. The van der Waals surface area contributed by atoms with Crippen LogP contribution in [0.15, 0.2) is 78.9 Å². The van der Waals surface area contributed by atoms with Crippen LogP contribution in [0.5, 0.6) is 0 Å². The Morgan fingerprint density at radius 2 is 1.50 bits per heavy atom. The molecule has 2 aromatic rings. The smallest absolute Gasteiger partial charge is 0.324 e. The van der Waals surface area contributed by atoms with E-state index in [1.807, 2.05) is 66.8 Å². The van der Waals surface area contributed by atoms with Gasteiger partial charge in [0.1, 0.15) is 5.16 Å². The van der Waals surface area contributed by atoms with E-state index >= 15 is 0 Å². The molecule has 1 atom stereocenters. The van der Waals surface area contributed by atoms with Crippen molar-refractivity contribution in [2.45, 2.75) is 11.6 Å². The second kappa shape index (κ2) is 5.69. The van der Waals surface area contributed by atoms with Gasteiger partial charge in [0.25, 0.3) is 0 Å². The second-order valence-corrected chi connectivity index (χ2v) is 7.20. The molecular formula is C18H17O3P. The first-order valence-corrected chi connectivity index (χ1v) is 8.71. The lowest BCUT2D eigenvalue weighted by Crippen LogP contribution is -2.29. The van der Waals surface area contributed by atoms with Crippen LogP contribution in [0.4, 0.5) is 0 Å². The van der Waals surface area contributed by atoms with Crippen molar-refractivity contribution in [3.05, 3.63) is 90.0 Å². The number of rotatable bonds is 3. The fourth-order valence-corrected chi connectivity index (χ4v) is 4.38. The summed E-state index contributed by atoms with van der Waals surface area (Å²) in [5, 5.41) is -1.33. The van der Waals surface area contributed by atoms with E-state index < -0.39 is 12.8 Å². The van der Waals surface area contributed by atoms with Gasteiger partial charge in [0.05, 0.1) is 0 Å². The lowest BCUT2D eigenvalue weighted by Gasteiger charge is -2.38. The molecule has 112 valence electrons. The summed E-state index contributed by atoms with van der Waals surface area (Å²) in [4.78, 5) is 20.4. The zero-order chi connectivity index (χ0) is 15.6. The van der Waals surface area contributed by atoms with Crippen molar-refractivity contribution in [1.29, 1.82) is 0 Å². The number of hydrogen-bond donors (Lipinski definition) is 2. The highest BCUT2D eigenvalue weighted by atomic mass is 31.2. The molecule has 4 heteroatoms. The summed E-state index contributed by atoms with van der Waals surface area (Å²) in [6.45, 7) is 0. The van der Waals surface area contributed by atoms with Gasteiger partial charge in [0.2, 0.25) is 0 Å². The van der Waals surface area contributed by atoms with Gasteiger partial charge in [-0.1, -0.05) is 78.9 Å². The van der Waals surface area contributed by atoms with Gasteiger partial charge in [0.15, 0.2) is 0 Å². The standard InChI is InChI=1S/C18H17O3P/c19-22(20,21)18(16-11-5-2-6-12-16)14-8-7-13-17(18)15-9-3-1-4-10-15/h1-13H,14H2,(H2,19,20,21). The molecule has 1 aliphatic rings. The molecule has 0 spiro atoms. The van der Waals surface area contributed by atoms with Crippen LogP contribution in [0, 0.1) is 0 Å². The molecule has 2 aromatic carbocycles. The Hall–Kier alpha value is -1.93. The fourth-order valence-electron chi connectivity index (χ4n) is 3.03. The quantitative estimate of drug-likeness (QED) is 0.839. The Kier molecular flexibility index (Phi) is 3.88. The molecule has 0 radical (unpaired) electrons. The largest absolute Gasteiger partial charge is 0.340 e. The molecule has 1 aliphatic carbocycles. The molecule has 0 bridgehead atoms. The summed E-state index contributed by atoms with van der Waals surface area (Å²) in [5.74, 6) is 0. The van der Waals surface area contributed by atoms with Crippen LogP contribution in [-0.4, -0.2) is 9.79 Å². The second-order valence-electron chi connectivity index (χ2n) is 5.35. The van der Waals surface area contributed by atoms with Crippen LogP contribution >= 0.6 is 7.60 Å². The summed E-state index contributed by atoms with van der Waals surface area (Å²) in [7, 11) is -4.44. The fraction of sp³-hybridized carbons (Fsp3) is 0.111. The maximum Gasteiger partial charge on any atom is 0.340 e. The van der Waals surface area contributed by atoms with E-state index in [1.54, 1.807) is 12.1 Å². The summed E-state index contributed by atoms with van der Waals surface area (Å²) < 4.78 is 12.5. The molecule has 0 amide bonds. The Morgan fingerprint density at radius 1 is 0.909 bits per heavy atom. The van der Waals surface area contributed by atoms with E-state index in [-0.39, 0.29) is 6.42 Å². The van der Waals surface area contributed by atoms with Gasteiger partial charge in [-0.15, -0.1) is 0 Å². The van der Waals surface area contributed by atoms with Crippen LogP contribution in [-0.2, 0) is 9.72 Å². The number of benzene rings is 2. The van der Waals surface area contributed by atoms with Gasteiger partial charge >= 0.3 is 7.60 Å². The molecule has 3 nitrogen and oxygen atoms in total. The summed E-state index contributed by atoms with van der Waals surface area (Å²) in [5.41, 5.74) is 2.14. The monoisotopic (exact) mass is 312 g/mol. The van der Waals surface area contributed by atoms with Gasteiger partial charge < -0.3 is 9.79 Å². The van der Waals surface area contributed by atoms with Gasteiger partial charge in [-0.2, -0.15) is 0 Å². The molecule has 1 unspecified atom stereocenters. The van der Waals surface area contributed by atoms with E-state index in [2.05, 4.69) is 0 Å². The molecule has 0 aromatic heterocycles. The van der Waals surface area contributed by atoms with Crippen LogP contribution in [0.25, 0.3) is 5.57 Å². The Bertz CT molecular complexity index is 759. The molecule has 0 saturated heterocycles. The Balaban J connectivity index is 2.28. The van der Waals surface area contributed by atoms with Crippen molar-refractivity contribution in [1.82, 2.24) is 0 Å². The van der Waals surface area contributed by atoms with Crippen LogP contribution < -0.4 is 0 Å². The van der Waals surface area contributed by atoms with Gasteiger partial charge in [-0.25, -0.2) is 0 Å². The zero-order valence-electron chi connectivity index (χ0n) is 12.0. The zero-order valence-corrected chi connectivity index (χ0v) is 12.9. The minimum atomic E-state index is -4.44. The molecule has 0 fully saturated rings. The number of hydrogen-bond acceptors (Lipinski definition) is 1. The van der Waals surface area contributed by atoms with Gasteiger partial charge in [-0.3, -0.25) is 4.57 Å². The average molecular weight is 312 g/mol. The highest BCUT2D eigenvalue weighted by Crippen LogP contribution is 2.66. The Morgan fingerprint density at radius 3 is 2.09 bits per heavy atom. The third-order valence-electron chi connectivity index (χ3n) is 4.09. The predicted molar refractivity (Wildman–Crippen MR) is 88.3 cm³/mol. The highest BCUT2D eigenvalue weighted by Gasteiger charge is 2.51. The maximum atomic E-state index is 12.5. The topological polar surface area (TPSA) is 57.5 Å². The summed E-state index contributed by atoms with van der Waals surface area (Å²) in [6, 6.07) is 18.5. The molecule has 0 heterocycles. The van der Waals surface area contributed by atoms with E-state index in [9.17, 15) is 14.4 Å². The summed E-state index contributed by atoms with van der Waals surface area (Å²) >= 11 is 0. The van der Waals surface area contributed by atoms with Gasteiger partial charge in [-0.05, 0) is 23.1 Å². The van der Waals surface area contributed by atoms with E-state index in [0.29, 0.717) is 11.1 Å². The molecular weight excluding hydrogens is 295 g/mol. The molecule has 3 rings (SSSR count). The molecule has 22 heavy (non-hydrogen) atoms. The SMILES string of the molecule is O=P(O)(O)C1(c2ccccc2)CC=CC=C1c1ccccc1. The number of allylic oxidation sites excluding steroid dienone is 4. The molecule has 0 saturated carbocycles. The first-order chi connectivity index (χ1) is 10.6.